The van der Waals surface area contributed by atoms with Crippen LogP contribution < -0.4 is 5.73 Å². The zero-order valence-electron chi connectivity index (χ0n) is 12.1. The van der Waals surface area contributed by atoms with Gasteiger partial charge in [0.1, 0.15) is 0 Å². The number of hydrogen-bond acceptors (Lipinski definition) is 3. The Hall–Kier alpha value is -0.610. The minimum Gasteiger partial charge on any atom is -0.393 e. The van der Waals surface area contributed by atoms with Crippen molar-refractivity contribution in [1.29, 1.82) is 0 Å². The van der Waals surface area contributed by atoms with Crippen LogP contribution >= 0.6 is 0 Å². The fraction of sp³-hybridized carbons (Fsp3) is 0.929. The van der Waals surface area contributed by atoms with Gasteiger partial charge < -0.3 is 15.7 Å². The molecule has 1 amide bonds. The van der Waals surface area contributed by atoms with E-state index in [1.165, 1.54) is 0 Å². The van der Waals surface area contributed by atoms with Crippen molar-refractivity contribution in [3.05, 3.63) is 0 Å². The molecule has 0 aliphatic carbocycles. The average Bonchev–Trinajstić information content (AvgIpc) is 2.27. The molecule has 2 unspecified atom stereocenters. The van der Waals surface area contributed by atoms with E-state index in [4.69, 9.17) is 5.73 Å². The number of piperidine rings is 1. The molecule has 4 nitrogen and oxygen atoms in total. The fourth-order valence-electron chi connectivity index (χ4n) is 2.25. The van der Waals surface area contributed by atoms with Crippen LogP contribution in [-0.2, 0) is 4.79 Å². The Bertz CT molecular complexity index is 276. The standard InChI is InChI=1S/C14H28N2O2/c1-10(17)11-5-7-16(8-6-11)13(18)9-12(15)14(2,3)4/h10-12,17H,5-9,15H2,1-4H3. The van der Waals surface area contributed by atoms with Gasteiger partial charge in [-0.25, -0.2) is 0 Å². The molecule has 4 heteroatoms. The third-order valence-corrected chi connectivity index (χ3v) is 4.08. The second-order valence-electron chi connectivity index (χ2n) is 6.64. The topological polar surface area (TPSA) is 66.6 Å². The van der Waals surface area contributed by atoms with Gasteiger partial charge in [0.05, 0.1) is 6.10 Å². The van der Waals surface area contributed by atoms with Gasteiger partial charge in [-0.05, 0) is 31.1 Å². The fourth-order valence-corrected chi connectivity index (χ4v) is 2.25. The summed E-state index contributed by atoms with van der Waals surface area (Å²) >= 11 is 0. The van der Waals surface area contributed by atoms with E-state index in [0.29, 0.717) is 12.3 Å². The first-order valence-electron chi connectivity index (χ1n) is 6.93. The van der Waals surface area contributed by atoms with Gasteiger partial charge in [-0.15, -0.1) is 0 Å². The maximum atomic E-state index is 12.1. The SMILES string of the molecule is CC(O)C1CCN(C(=O)CC(N)C(C)(C)C)CC1. The molecule has 1 rings (SSSR count). The number of hydrogen-bond donors (Lipinski definition) is 2. The molecule has 0 aromatic rings. The van der Waals surface area contributed by atoms with Crippen molar-refractivity contribution < 1.29 is 9.90 Å². The zero-order valence-corrected chi connectivity index (χ0v) is 12.1. The van der Waals surface area contributed by atoms with Gasteiger partial charge in [-0.2, -0.15) is 0 Å². The highest BCUT2D eigenvalue weighted by Crippen LogP contribution is 2.24. The Morgan fingerprint density at radius 2 is 1.89 bits per heavy atom. The highest BCUT2D eigenvalue weighted by Gasteiger charge is 2.29. The highest BCUT2D eigenvalue weighted by molar-refractivity contribution is 5.77. The molecule has 1 aliphatic heterocycles. The first kappa shape index (κ1) is 15.4. The Morgan fingerprint density at radius 3 is 2.28 bits per heavy atom. The summed E-state index contributed by atoms with van der Waals surface area (Å²) in [5, 5.41) is 9.53. The minimum atomic E-state index is -0.265. The number of aliphatic hydroxyl groups is 1. The van der Waals surface area contributed by atoms with Crippen molar-refractivity contribution in [1.82, 2.24) is 4.90 Å². The molecule has 0 radical (unpaired) electrons. The Labute approximate surface area is 111 Å². The highest BCUT2D eigenvalue weighted by atomic mass is 16.3. The molecule has 0 aromatic heterocycles. The molecule has 1 fully saturated rings. The molecule has 106 valence electrons. The van der Waals surface area contributed by atoms with Gasteiger partial charge in [0.2, 0.25) is 5.91 Å². The van der Waals surface area contributed by atoms with Crippen molar-refractivity contribution in [2.45, 2.75) is 59.1 Å². The number of carbonyl (C=O) groups excluding carboxylic acids is 1. The molecule has 1 heterocycles. The van der Waals surface area contributed by atoms with Crippen LogP contribution in [0, 0.1) is 11.3 Å². The Kier molecular flexibility index (Phi) is 5.17. The molecule has 1 saturated heterocycles. The predicted molar refractivity (Wildman–Crippen MR) is 73.0 cm³/mol. The maximum Gasteiger partial charge on any atom is 0.224 e. The molecule has 0 saturated carbocycles. The number of nitrogens with zero attached hydrogens (tertiary/aromatic N) is 1. The minimum absolute atomic E-state index is 0.0341. The summed E-state index contributed by atoms with van der Waals surface area (Å²) in [6.45, 7) is 9.52. The van der Waals surface area contributed by atoms with E-state index in [0.717, 1.165) is 25.9 Å². The second-order valence-corrected chi connectivity index (χ2v) is 6.64. The lowest BCUT2D eigenvalue weighted by atomic mass is 9.85. The average molecular weight is 256 g/mol. The van der Waals surface area contributed by atoms with Gasteiger partial charge >= 0.3 is 0 Å². The summed E-state index contributed by atoms with van der Waals surface area (Å²) in [5.41, 5.74) is 6.01. The Morgan fingerprint density at radius 1 is 1.39 bits per heavy atom. The summed E-state index contributed by atoms with van der Waals surface area (Å²) in [6, 6.07) is -0.0977. The smallest absolute Gasteiger partial charge is 0.224 e. The summed E-state index contributed by atoms with van der Waals surface area (Å²) < 4.78 is 0. The normalized spacial score (nSPS) is 21.8. The van der Waals surface area contributed by atoms with Crippen molar-refractivity contribution in [2.24, 2.45) is 17.1 Å². The summed E-state index contributed by atoms with van der Waals surface area (Å²) in [7, 11) is 0. The van der Waals surface area contributed by atoms with E-state index in [1.54, 1.807) is 0 Å². The molecule has 0 aromatic carbocycles. The number of nitrogens with two attached hydrogens (primary N) is 1. The zero-order chi connectivity index (χ0) is 13.9. The van der Waals surface area contributed by atoms with Gasteiger partial charge in [0, 0.05) is 25.6 Å². The van der Waals surface area contributed by atoms with Crippen molar-refractivity contribution in [3.63, 3.8) is 0 Å². The van der Waals surface area contributed by atoms with E-state index in [1.807, 2.05) is 11.8 Å². The largest absolute Gasteiger partial charge is 0.393 e. The molecule has 1 aliphatic rings. The second kappa shape index (κ2) is 6.02. The lowest BCUT2D eigenvalue weighted by Gasteiger charge is -2.35. The summed E-state index contributed by atoms with van der Waals surface area (Å²) in [4.78, 5) is 14.0. The van der Waals surface area contributed by atoms with Gasteiger partial charge in [0.25, 0.3) is 0 Å². The lowest BCUT2D eigenvalue weighted by molar-refractivity contribution is -0.134. The van der Waals surface area contributed by atoms with E-state index >= 15 is 0 Å². The quantitative estimate of drug-likeness (QED) is 0.801. The van der Waals surface area contributed by atoms with Crippen LogP contribution in [0.4, 0.5) is 0 Å². The van der Waals surface area contributed by atoms with Crippen LogP contribution in [0.3, 0.4) is 0 Å². The van der Waals surface area contributed by atoms with E-state index in [-0.39, 0.29) is 23.5 Å². The molecule has 2 atom stereocenters. The molecule has 3 N–H and O–H groups in total. The molecule has 18 heavy (non-hydrogen) atoms. The summed E-state index contributed by atoms with van der Waals surface area (Å²) in [5.74, 6) is 0.492. The molecular weight excluding hydrogens is 228 g/mol. The number of rotatable bonds is 3. The van der Waals surface area contributed by atoms with Crippen molar-refractivity contribution >= 4 is 5.91 Å². The molecule has 0 spiro atoms. The molecule has 0 bridgehead atoms. The Balaban J connectivity index is 2.41. The van der Waals surface area contributed by atoms with Crippen LogP contribution in [0.1, 0.15) is 47.0 Å². The first-order chi connectivity index (χ1) is 8.21. The van der Waals surface area contributed by atoms with Crippen molar-refractivity contribution in [2.75, 3.05) is 13.1 Å². The number of aliphatic hydroxyl groups excluding tert-OH is 1. The monoisotopic (exact) mass is 256 g/mol. The predicted octanol–water partition coefficient (Wildman–Crippen LogP) is 1.37. The third kappa shape index (κ3) is 4.25. The summed E-state index contributed by atoms with van der Waals surface area (Å²) in [6.07, 6.45) is 1.95. The van der Waals surface area contributed by atoms with Crippen LogP contribution in [-0.4, -0.2) is 41.1 Å². The number of carbonyl (C=O) groups is 1. The van der Waals surface area contributed by atoms with Crippen LogP contribution in [0.15, 0.2) is 0 Å². The van der Waals surface area contributed by atoms with Crippen LogP contribution in [0.2, 0.25) is 0 Å². The lowest BCUT2D eigenvalue weighted by Crippen LogP contribution is -2.45. The van der Waals surface area contributed by atoms with Gasteiger partial charge in [-0.3, -0.25) is 4.79 Å². The third-order valence-electron chi connectivity index (χ3n) is 4.08. The molecular formula is C14H28N2O2. The van der Waals surface area contributed by atoms with Gasteiger partial charge in [0.15, 0.2) is 0 Å². The van der Waals surface area contributed by atoms with E-state index in [2.05, 4.69) is 20.8 Å². The number of likely N-dealkylation sites (tertiary alicyclic amines) is 1. The van der Waals surface area contributed by atoms with Crippen LogP contribution in [0.25, 0.3) is 0 Å². The van der Waals surface area contributed by atoms with Gasteiger partial charge in [-0.1, -0.05) is 20.8 Å². The maximum absolute atomic E-state index is 12.1. The van der Waals surface area contributed by atoms with E-state index in [9.17, 15) is 9.90 Å². The number of amides is 1. The first-order valence-corrected chi connectivity index (χ1v) is 6.93. The van der Waals surface area contributed by atoms with Crippen LogP contribution in [0.5, 0.6) is 0 Å². The van der Waals surface area contributed by atoms with Crippen molar-refractivity contribution in [3.8, 4) is 0 Å². The van der Waals surface area contributed by atoms with E-state index < -0.39 is 0 Å².